The van der Waals surface area contributed by atoms with E-state index in [4.69, 9.17) is 9.79 Å². The van der Waals surface area contributed by atoms with Crippen molar-refractivity contribution in [2.45, 2.75) is 123 Å². The molecule has 0 saturated heterocycles. The zero-order valence-electron chi connectivity index (χ0n) is 23.1. The van der Waals surface area contributed by atoms with Crippen molar-refractivity contribution >= 4 is 25.4 Å². The fraction of sp³-hybridized carbons (Fsp3) is 0.885. The highest BCUT2D eigenvalue weighted by atomic mass is 31.2. The molecule has 0 aliphatic carbocycles. The summed E-state index contributed by atoms with van der Waals surface area (Å²) in [6.07, 6.45) is 13.8. The number of carbonyl (C=O) groups is 3. The molecule has 0 aliphatic rings. The zero-order chi connectivity index (χ0) is 28.2. The summed E-state index contributed by atoms with van der Waals surface area (Å²) in [6, 6.07) is 0. The Bertz CT molecular complexity index is 696. The Hall–Kier alpha value is -1.32. The highest BCUT2D eigenvalue weighted by molar-refractivity contribution is 7.46. The van der Waals surface area contributed by atoms with Crippen LogP contribution in [0.5, 0.6) is 0 Å². The fourth-order valence-electron chi connectivity index (χ4n) is 3.79. The molecule has 0 aromatic rings. The Morgan fingerprint density at radius 1 is 0.784 bits per heavy atom. The molecule has 1 atom stereocenters. The van der Waals surface area contributed by atoms with Crippen molar-refractivity contribution in [2.75, 3.05) is 19.7 Å². The number of hydrogen-bond donors (Lipinski definition) is 5. The highest BCUT2D eigenvalue weighted by Crippen LogP contribution is 2.38. The monoisotopic (exact) mass is 550 g/mol. The number of ketones is 1. The van der Waals surface area contributed by atoms with Gasteiger partial charge in [-0.25, -0.2) is 4.57 Å². The van der Waals surface area contributed by atoms with Crippen LogP contribution in [0.15, 0.2) is 0 Å². The molecule has 0 aliphatic heterocycles. The van der Waals surface area contributed by atoms with Gasteiger partial charge in [-0.2, -0.15) is 0 Å². The summed E-state index contributed by atoms with van der Waals surface area (Å²) < 4.78 is 15.2. The van der Waals surface area contributed by atoms with Gasteiger partial charge in [0.15, 0.2) is 0 Å². The molecule has 37 heavy (non-hydrogen) atoms. The summed E-state index contributed by atoms with van der Waals surface area (Å²) in [6.45, 7) is 4.94. The standard InChI is InChI=1S/C26H51N2O8P/c1-4-5-6-7-8-9-10-11-12-13-14-16-22(29)17-15-19-27-23(30)18-20-28-25(32)24(31)26(2,3)21-36-37(33,34)35/h24,31H,4-21H2,1-3H3,(H,27,30)(H,28,32)(H2,33,34,35)/t24-/m0/s1. The van der Waals surface area contributed by atoms with Gasteiger partial charge < -0.3 is 25.5 Å². The minimum atomic E-state index is -4.72. The van der Waals surface area contributed by atoms with Crippen LogP contribution in [0.3, 0.4) is 0 Å². The van der Waals surface area contributed by atoms with E-state index in [2.05, 4.69) is 22.1 Å². The van der Waals surface area contributed by atoms with Crippen LogP contribution in [-0.4, -0.2) is 58.3 Å². The van der Waals surface area contributed by atoms with Gasteiger partial charge in [-0.05, 0) is 12.8 Å². The Labute approximate surface area is 222 Å². The van der Waals surface area contributed by atoms with Gasteiger partial charge in [-0.3, -0.25) is 18.9 Å². The normalized spacial score (nSPS) is 12.8. The van der Waals surface area contributed by atoms with E-state index in [1.807, 2.05) is 0 Å². The van der Waals surface area contributed by atoms with E-state index in [9.17, 15) is 24.1 Å². The van der Waals surface area contributed by atoms with Gasteiger partial charge >= 0.3 is 7.82 Å². The minimum absolute atomic E-state index is 0.00452. The number of Topliss-reactive ketones (excluding diaryl/α,β-unsaturated/α-hetero) is 1. The zero-order valence-corrected chi connectivity index (χ0v) is 24.0. The van der Waals surface area contributed by atoms with Crippen molar-refractivity contribution < 1.29 is 38.4 Å². The van der Waals surface area contributed by atoms with E-state index in [1.54, 1.807) is 0 Å². The molecular formula is C26H51N2O8P. The summed E-state index contributed by atoms with van der Waals surface area (Å²) in [7, 11) is -4.72. The molecule has 0 heterocycles. The maximum atomic E-state index is 12.1. The van der Waals surface area contributed by atoms with Crippen LogP contribution in [0, 0.1) is 5.41 Å². The molecule has 5 N–H and O–H groups in total. The van der Waals surface area contributed by atoms with Crippen molar-refractivity contribution in [2.24, 2.45) is 5.41 Å². The Balaban J connectivity index is 3.75. The van der Waals surface area contributed by atoms with Crippen molar-refractivity contribution in [3.05, 3.63) is 0 Å². The molecule has 11 heteroatoms. The van der Waals surface area contributed by atoms with Crippen LogP contribution < -0.4 is 10.6 Å². The van der Waals surface area contributed by atoms with E-state index >= 15 is 0 Å². The lowest BCUT2D eigenvalue weighted by molar-refractivity contribution is -0.137. The van der Waals surface area contributed by atoms with Crippen molar-refractivity contribution in [1.82, 2.24) is 10.6 Å². The van der Waals surface area contributed by atoms with Crippen LogP contribution in [-0.2, 0) is 23.5 Å². The number of unbranched alkanes of at least 4 members (excludes halogenated alkanes) is 10. The van der Waals surface area contributed by atoms with Crippen LogP contribution in [0.1, 0.15) is 117 Å². The van der Waals surface area contributed by atoms with E-state index < -0.39 is 31.9 Å². The SMILES string of the molecule is CCCCCCCCCCCCCC(=O)CCCNC(=O)CCNC(=O)[C@H](O)C(C)(C)COP(=O)(O)O. The molecule has 0 aromatic heterocycles. The summed E-state index contributed by atoms with van der Waals surface area (Å²) in [5, 5.41) is 15.2. The number of aliphatic hydroxyl groups excluding tert-OH is 1. The number of carbonyl (C=O) groups excluding carboxylic acids is 3. The van der Waals surface area contributed by atoms with Gasteiger partial charge in [-0.1, -0.05) is 85.0 Å². The molecule has 10 nitrogen and oxygen atoms in total. The molecule has 0 bridgehead atoms. The second-order valence-electron chi connectivity index (χ2n) is 10.5. The first-order chi connectivity index (χ1) is 17.4. The molecule has 0 aromatic carbocycles. The van der Waals surface area contributed by atoms with Crippen molar-refractivity contribution in [3.8, 4) is 0 Å². The average Bonchev–Trinajstić information content (AvgIpc) is 2.83. The summed E-state index contributed by atoms with van der Waals surface area (Å²) in [5.74, 6) is -0.825. The van der Waals surface area contributed by atoms with E-state index in [-0.39, 0.29) is 24.7 Å². The van der Waals surface area contributed by atoms with Gasteiger partial charge in [0, 0.05) is 37.8 Å². The first-order valence-electron chi connectivity index (χ1n) is 13.8. The summed E-state index contributed by atoms with van der Waals surface area (Å²) in [5.41, 5.74) is -1.24. The van der Waals surface area contributed by atoms with Crippen LogP contribution in [0.4, 0.5) is 0 Å². The maximum absolute atomic E-state index is 12.1. The maximum Gasteiger partial charge on any atom is 0.469 e. The molecule has 0 fully saturated rings. The second-order valence-corrected chi connectivity index (χ2v) is 11.7. The van der Waals surface area contributed by atoms with E-state index in [0.29, 0.717) is 25.8 Å². The Morgan fingerprint density at radius 3 is 1.84 bits per heavy atom. The first-order valence-corrected chi connectivity index (χ1v) is 15.4. The molecule has 0 rings (SSSR count). The average molecular weight is 551 g/mol. The van der Waals surface area contributed by atoms with Gasteiger partial charge in [0.1, 0.15) is 11.9 Å². The predicted molar refractivity (Wildman–Crippen MR) is 144 cm³/mol. The Kier molecular flexibility index (Phi) is 19.9. The number of phosphoric ester groups is 1. The fourth-order valence-corrected chi connectivity index (χ4v) is 4.29. The number of amides is 2. The topological polar surface area (TPSA) is 162 Å². The van der Waals surface area contributed by atoms with Crippen LogP contribution >= 0.6 is 7.82 Å². The van der Waals surface area contributed by atoms with Gasteiger partial charge in [0.2, 0.25) is 11.8 Å². The Morgan fingerprint density at radius 2 is 1.30 bits per heavy atom. The smallest absolute Gasteiger partial charge is 0.383 e. The largest absolute Gasteiger partial charge is 0.469 e. The first kappa shape index (κ1) is 35.7. The van der Waals surface area contributed by atoms with Crippen molar-refractivity contribution in [1.29, 1.82) is 0 Å². The molecule has 0 radical (unpaired) electrons. The lowest BCUT2D eigenvalue weighted by atomic mass is 9.87. The van der Waals surface area contributed by atoms with E-state index in [0.717, 1.165) is 12.8 Å². The minimum Gasteiger partial charge on any atom is -0.383 e. The molecular weight excluding hydrogens is 499 g/mol. The third kappa shape index (κ3) is 21.3. The highest BCUT2D eigenvalue weighted by Gasteiger charge is 2.35. The lowest BCUT2D eigenvalue weighted by Gasteiger charge is -2.29. The number of nitrogens with one attached hydrogen (secondary N) is 2. The van der Waals surface area contributed by atoms with Crippen LogP contribution in [0.2, 0.25) is 0 Å². The van der Waals surface area contributed by atoms with Crippen molar-refractivity contribution in [3.63, 3.8) is 0 Å². The number of hydrogen-bond acceptors (Lipinski definition) is 6. The molecule has 0 unspecified atom stereocenters. The molecule has 0 spiro atoms. The third-order valence-corrected chi connectivity index (χ3v) is 6.72. The summed E-state index contributed by atoms with van der Waals surface area (Å²) in [4.78, 5) is 53.5. The van der Waals surface area contributed by atoms with Gasteiger partial charge in [0.05, 0.1) is 6.61 Å². The number of rotatable bonds is 24. The lowest BCUT2D eigenvalue weighted by Crippen LogP contribution is -2.46. The number of aliphatic hydroxyl groups is 1. The molecule has 218 valence electrons. The van der Waals surface area contributed by atoms with Crippen LogP contribution in [0.25, 0.3) is 0 Å². The van der Waals surface area contributed by atoms with E-state index in [1.165, 1.54) is 71.6 Å². The van der Waals surface area contributed by atoms with Gasteiger partial charge in [0.25, 0.3) is 0 Å². The summed E-state index contributed by atoms with van der Waals surface area (Å²) >= 11 is 0. The quantitative estimate of drug-likeness (QED) is 0.0884. The predicted octanol–water partition coefficient (Wildman–Crippen LogP) is 4.16. The third-order valence-electron chi connectivity index (χ3n) is 6.26. The number of phosphoric acid groups is 1. The second kappa shape index (κ2) is 20.6. The molecule has 0 saturated carbocycles. The van der Waals surface area contributed by atoms with Gasteiger partial charge in [-0.15, -0.1) is 0 Å². The molecule has 2 amide bonds.